The van der Waals surface area contributed by atoms with E-state index in [9.17, 15) is 13.2 Å². The van der Waals surface area contributed by atoms with Crippen LogP contribution in [0.3, 0.4) is 0 Å². The predicted octanol–water partition coefficient (Wildman–Crippen LogP) is 6.72. The predicted molar refractivity (Wildman–Crippen MR) is 94.3 cm³/mol. The first-order chi connectivity index (χ1) is 11.6. The monoisotopic (exact) mass is 348 g/mol. The molecule has 0 bridgehead atoms. The van der Waals surface area contributed by atoms with Crippen molar-refractivity contribution in [2.75, 3.05) is 0 Å². The molecule has 2 rings (SSSR count). The van der Waals surface area contributed by atoms with Crippen LogP contribution in [0.15, 0.2) is 58.8 Å². The van der Waals surface area contributed by atoms with Crippen molar-refractivity contribution < 1.29 is 13.2 Å². The summed E-state index contributed by atoms with van der Waals surface area (Å²) in [6.45, 7) is 8.38. The van der Waals surface area contributed by atoms with E-state index in [1.165, 1.54) is 17.7 Å². The fourth-order valence-electron chi connectivity index (χ4n) is 2.43. The third kappa shape index (κ3) is 5.69. The van der Waals surface area contributed by atoms with Crippen molar-refractivity contribution in [3.8, 4) is 0 Å². The summed E-state index contributed by atoms with van der Waals surface area (Å²) in [5.41, 5.74) is 1.99. The van der Waals surface area contributed by atoms with Crippen LogP contribution in [0.4, 0.5) is 18.9 Å². The molecule has 0 saturated heterocycles. The lowest BCUT2D eigenvalue weighted by molar-refractivity contribution is -0.137. The van der Waals surface area contributed by atoms with Crippen molar-refractivity contribution in [2.24, 2.45) is 10.2 Å². The van der Waals surface area contributed by atoms with Gasteiger partial charge >= 0.3 is 6.18 Å². The average molecular weight is 348 g/mol. The molecule has 2 aromatic carbocycles. The fraction of sp³-hybridized carbons (Fsp3) is 0.400. The maximum absolute atomic E-state index is 12.7. The third-order valence-corrected chi connectivity index (χ3v) is 3.89. The van der Waals surface area contributed by atoms with Gasteiger partial charge in [0.05, 0.1) is 17.3 Å². The molecule has 0 N–H and O–H groups in total. The summed E-state index contributed by atoms with van der Waals surface area (Å²) in [6.07, 6.45) is -3.68. The number of alkyl halides is 3. The molecule has 2 aromatic rings. The van der Waals surface area contributed by atoms with Gasteiger partial charge in [0.15, 0.2) is 0 Å². The second-order valence-corrected chi connectivity index (χ2v) is 7.26. The van der Waals surface area contributed by atoms with Gasteiger partial charge in [-0.2, -0.15) is 23.4 Å². The molecule has 0 aliphatic heterocycles. The third-order valence-electron chi connectivity index (χ3n) is 3.89. The lowest BCUT2D eigenvalue weighted by Crippen LogP contribution is -2.11. The van der Waals surface area contributed by atoms with Crippen molar-refractivity contribution in [1.29, 1.82) is 0 Å². The number of benzene rings is 2. The zero-order chi connectivity index (χ0) is 18.7. The van der Waals surface area contributed by atoms with E-state index < -0.39 is 11.7 Å². The van der Waals surface area contributed by atoms with Crippen molar-refractivity contribution in [3.05, 3.63) is 65.2 Å². The minimum Gasteiger partial charge on any atom is -0.185 e. The Hall–Kier alpha value is -2.17. The standard InChI is InChI=1S/C20H23F3N2/c1-14(12-15-8-10-16(11-9-15)19(2,3)4)24-25-18-7-5-6-17(13-18)20(21,22)23/h5-11,13-14H,12H2,1-4H3/t14-/m1/s1. The number of halogens is 3. The molecule has 1 atom stereocenters. The van der Waals surface area contributed by atoms with E-state index >= 15 is 0 Å². The lowest BCUT2D eigenvalue weighted by Gasteiger charge is -2.19. The van der Waals surface area contributed by atoms with Gasteiger partial charge in [-0.3, -0.25) is 0 Å². The first kappa shape index (κ1) is 19.2. The van der Waals surface area contributed by atoms with E-state index in [1.54, 1.807) is 0 Å². The minimum atomic E-state index is -4.37. The quantitative estimate of drug-likeness (QED) is 0.548. The van der Waals surface area contributed by atoms with Crippen molar-refractivity contribution in [3.63, 3.8) is 0 Å². The van der Waals surface area contributed by atoms with E-state index in [0.29, 0.717) is 6.42 Å². The molecule has 2 nitrogen and oxygen atoms in total. The molecule has 0 heterocycles. The number of nitrogens with zero attached hydrogens (tertiary/aromatic N) is 2. The second-order valence-electron chi connectivity index (χ2n) is 7.26. The Morgan fingerprint density at radius 1 is 0.920 bits per heavy atom. The highest BCUT2D eigenvalue weighted by molar-refractivity contribution is 5.40. The number of azo groups is 1. The molecular formula is C20H23F3N2. The zero-order valence-electron chi connectivity index (χ0n) is 14.9. The van der Waals surface area contributed by atoms with Gasteiger partial charge in [-0.05, 0) is 48.1 Å². The lowest BCUT2D eigenvalue weighted by atomic mass is 9.86. The Morgan fingerprint density at radius 2 is 1.56 bits per heavy atom. The molecule has 0 fully saturated rings. The van der Waals surface area contributed by atoms with Crippen LogP contribution in [0.25, 0.3) is 0 Å². The Morgan fingerprint density at radius 3 is 2.12 bits per heavy atom. The van der Waals surface area contributed by atoms with E-state index in [0.717, 1.165) is 17.7 Å². The maximum Gasteiger partial charge on any atom is 0.416 e. The summed E-state index contributed by atoms with van der Waals surface area (Å²) in [5, 5.41) is 8.10. The van der Waals surface area contributed by atoms with Crippen LogP contribution in [0.1, 0.15) is 44.4 Å². The minimum absolute atomic E-state index is 0.105. The highest BCUT2D eigenvalue weighted by atomic mass is 19.4. The molecule has 0 aromatic heterocycles. The maximum atomic E-state index is 12.7. The summed E-state index contributed by atoms with van der Waals surface area (Å²) >= 11 is 0. The van der Waals surface area contributed by atoms with Gasteiger partial charge in [0, 0.05) is 0 Å². The molecule has 0 aliphatic rings. The molecule has 5 heteroatoms. The Kier molecular flexibility index (Phi) is 5.65. The molecule has 134 valence electrons. The van der Waals surface area contributed by atoms with E-state index in [-0.39, 0.29) is 17.1 Å². The van der Waals surface area contributed by atoms with Crippen molar-refractivity contribution >= 4 is 5.69 Å². The van der Waals surface area contributed by atoms with E-state index in [2.05, 4.69) is 55.3 Å². The van der Waals surface area contributed by atoms with Crippen LogP contribution in [0.2, 0.25) is 0 Å². The number of hydrogen-bond acceptors (Lipinski definition) is 2. The van der Waals surface area contributed by atoms with E-state index in [1.807, 2.05) is 6.92 Å². The number of rotatable bonds is 4. The van der Waals surface area contributed by atoms with Gasteiger partial charge in [0.25, 0.3) is 0 Å². The van der Waals surface area contributed by atoms with Gasteiger partial charge in [-0.25, -0.2) is 0 Å². The largest absolute Gasteiger partial charge is 0.416 e. The summed E-state index contributed by atoms with van der Waals surface area (Å²) in [6, 6.07) is 13.1. The summed E-state index contributed by atoms with van der Waals surface area (Å²) < 4.78 is 38.1. The van der Waals surface area contributed by atoms with Crippen LogP contribution in [-0.4, -0.2) is 6.04 Å². The zero-order valence-corrected chi connectivity index (χ0v) is 14.9. The highest BCUT2D eigenvalue weighted by Crippen LogP contribution is 2.31. The van der Waals surface area contributed by atoms with Gasteiger partial charge in [0.2, 0.25) is 0 Å². The van der Waals surface area contributed by atoms with E-state index in [4.69, 9.17) is 0 Å². The van der Waals surface area contributed by atoms with Crippen LogP contribution in [0, 0.1) is 0 Å². The van der Waals surface area contributed by atoms with Crippen LogP contribution < -0.4 is 0 Å². The second kappa shape index (κ2) is 7.38. The molecule has 25 heavy (non-hydrogen) atoms. The van der Waals surface area contributed by atoms with Crippen LogP contribution in [-0.2, 0) is 18.0 Å². The molecule has 0 saturated carbocycles. The van der Waals surface area contributed by atoms with Gasteiger partial charge in [-0.15, -0.1) is 0 Å². The van der Waals surface area contributed by atoms with Crippen LogP contribution >= 0.6 is 0 Å². The molecule has 0 amide bonds. The Balaban J connectivity index is 2.02. The molecular weight excluding hydrogens is 325 g/mol. The number of hydrogen-bond donors (Lipinski definition) is 0. The van der Waals surface area contributed by atoms with Gasteiger partial charge in [-0.1, -0.05) is 51.1 Å². The molecule has 0 spiro atoms. The SMILES string of the molecule is C[C@H](Cc1ccc(C(C)(C)C)cc1)N=Nc1cccc(C(F)(F)F)c1. The fourth-order valence-corrected chi connectivity index (χ4v) is 2.43. The topological polar surface area (TPSA) is 24.7 Å². The normalized spacial score (nSPS) is 14.0. The molecule has 0 unspecified atom stereocenters. The first-order valence-corrected chi connectivity index (χ1v) is 8.23. The summed E-state index contributed by atoms with van der Waals surface area (Å²) in [4.78, 5) is 0. The molecule has 0 radical (unpaired) electrons. The van der Waals surface area contributed by atoms with Crippen molar-refractivity contribution in [2.45, 2.75) is 51.7 Å². The van der Waals surface area contributed by atoms with Gasteiger partial charge < -0.3 is 0 Å². The summed E-state index contributed by atoms with van der Waals surface area (Å²) in [5.74, 6) is 0. The van der Waals surface area contributed by atoms with Crippen molar-refractivity contribution in [1.82, 2.24) is 0 Å². The first-order valence-electron chi connectivity index (χ1n) is 8.23. The Labute approximate surface area is 146 Å². The highest BCUT2D eigenvalue weighted by Gasteiger charge is 2.30. The summed E-state index contributed by atoms with van der Waals surface area (Å²) in [7, 11) is 0. The Bertz CT molecular complexity index is 726. The van der Waals surface area contributed by atoms with Crippen LogP contribution in [0.5, 0.6) is 0 Å². The average Bonchev–Trinajstić information content (AvgIpc) is 2.52. The smallest absolute Gasteiger partial charge is 0.185 e. The van der Waals surface area contributed by atoms with Gasteiger partial charge in [0.1, 0.15) is 0 Å². The molecule has 0 aliphatic carbocycles.